The Morgan fingerprint density at radius 1 is 1.36 bits per heavy atom. The monoisotopic (exact) mass is 309 g/mol. The molecular weight excluding hydrogens is 292 g/mol. The third-order valence-corrected chi connectivity index (χ3v) is 3.40. The minimum Gasteiger partial charge on any atom is -0.435 e. The lowest BCUT2D eigenvalue weighted by Crippen LogP contribution is -2.27. The summed E-state index contributed by atoms with van der Waals surface area (Å²) >= 11 is 0. The summed E-state index contributed by atoms with van der Waals surface area (Å²) in [7, 11) is 0. The van der Waals surface area contributed by atoms with E-state index in [0.29, 0.717) is 11.3 Å². The van der Waals surface area contributed by atoms with Gasteiger partial charge in [-0.15, -0.1) is 0 Å². The van der Waals surface area contributed by atoms with Gasteiger partial charge < -0.3 is 10.1 Å². The number of nitrogens with zero attached hydrogens (tertiary/aromatic N) is 1. The van der Waals surface area contributed by atoms with Crippen molar-refractivity contribution < 1.29 is 18.3 Å². The normalized spacial score (nSPS) is 12.3. The van der Waals surface area contributed by atoms with Gasteiger partial charge in [0.2, 0.25) is 0 Å². The topological polar surface area (TPSA) is 67.0 Å². The van der Waals surface area contributed by atoms with Gasteiger partial charge in [0.1, 0.15) is 5.75 Å². The third kappa shape index (κ3) is 3.60. The Hall–Kier alpha value is -2.44. The molecule has 2 rings (SSSR count). The average Bonchev–Trinajstić information content (AvgIpc) is 2.78. The SMILES string of the molecule is Cc1[nH]nc(C(=O)NC(C)c2cccc(OC(F)F)c2)c1C. The zero-order chi connectivity index (χ0) is 16.3. The van der Waals surface area contributed by atoms with Gasteiger partial charge in [0, 0.05) is 11.3 Å². The van der Waals surface area contributed by atoms with Crippen molar-refractivity contribution in [3.63, 3.8) is 0 Å². The summed E-state index contributed by atoms with van der Waals surface area (Å²) in [6.07, 6.45) is 0. The van der Waals surface area contributed by atoms with E-state index in [-0.39, 0.29) is 17.7 Å². The van der Waals surface area contributed by atoms with E-state index in [4.69, 9.17) is 0 Å². The number of hydrogen-bond donors (Lipinski definition) is 2. The van der Waals surface area contributed by atoms with Crippen molar-refractivity contribution in [1.82, 2.24) is 15.5 Å². The van der Waals surface area contributed by atoms with Crippen molar-refractivity contribution in [3.05, 3.63) is 46.8 Å². The molecule has 0 radical (unpaired) electrons. The molecule has 2 aromatic rings. The molecule has 0 fully saturated rings. The predicted molar refractivity (Wildman–Crippen MR) is 77.0 cm³/mol. The molecule has 1 heterocycles. The van der Waals surface area contributed by atoms with E-state index in [1.807, 2.05) is 6.92 Å². The molecule has 0 aliphatic rings. The fourth-order valence-electron chi connectivity index (χ4n) is 2.01. The van der Waals surface area contributed by atoms with Gasteiger partial charge >= 0.3 is 6.61 Å². The maximum absolute atomic E-state index is 12.2. The molecule has 0 saturated carbocycles. The first-order valence-electron chi connectivity index (χ1n) is 6.75. The number of ether oxygens (including phenoxy) is 1. The van der Waals surface area contributed by atoms with Gasteiger partial charge in [0.25, 0.3) is 5.91 Å². The average molecular weight is 309 g/mol. The van der Waals surface area contributed by atoms with Crippen LogP contribution < -0.4 is 10.1 Å². The molecule has 0 bridgehead atoms. The largest absolute Gasteiger partial charge is 0.435 e. The maximum atomic E-state index is 12.2. The Bertz CT molecular complexity index is 671. The molecule has 1 unspecified atom stereocenters. The van der Waals surface area contributed by atoms with Gasteiger partial charge in [-0.05, 0) is 38.5 Å². The van der Waals surface area contributed by atoms with Crippen LogP contribution in [0, 0.1) is 13.8 Å². The van der Waals surface area contributed by atoms with Gasteiger partial charge in [0.05, 0.1) is 6.04 Å². The smallest absolute Gasteiger partial charge is 0.387 e. The molecule has 1 aromatic carbocycles. The fraction of sp³-hybridized carbons (Fsp3) is 0.333. The first-order valence-corrected chi connectivity index (χ1v) is 6.75. The molecular formula is C15H17F2N3O2. The number of aryl methyl sites for hydroxylation is 1. The molecule has 0 aliphatic heterocycles. The Balaban J connectivity index is 2.10. The first kappa shape index (κ1) is 15.9. The number of halogens is 2. The van der Waals surface area contributed by atoms with Crippen LogP contribution >= 0.6 is 0 Å². The third-order valence-electron chi connectivity index (χ3n) is 3.40. The minimum atomic E-state index is -2.88. The fourth-order valence-corrected chi connectivity index (χ4v) is 2.01. The van der Waals surface area contributed by atoms with Crippen molar-refractivity contribution >= 4 is 5.91 Å². The molecule has 1 aromatic heterocycles. The quantitative estimate of drug-likeness (QED) is 0.891. The Labute approximate surface area is 126 Å². The van der Waals surface area contributed by atoms with Gasteiger partial charge in [-0.2, -0.15) is 13.9 Å². The van der Waals surface area contributed by atoms with E-state index >= 15 is 0 Å². The van der Waals surface area contributed by atoms with Gasteiger partial charge in [-0.1, -0.05) is 12.1 Å². The lowest BCUT2D eigenvalue weighted by atomic mass is 10.1. The highest BCUT2D eigenvalue weighted by Crippen LogP contribution is 2.21. The van der Waals surface area contributed by atoms with Crippen LogP contribution in [-0.2, 0) is 0 Å². The molecule has 1 atom stereocenters. The molecule has 118 valence electrons. The van der Waals surface area contributed by atoms with E-state index < -0.39 is 6.61 Å². The van der Waals surface area contributed by atoms with E-state index in [2.05, 4.69) is 20.3 Å². The molecule has 7 heteroatoms. The number of benzene rings is 1. The van der Waals surface area contributed by atoms with Gasteiger partial charge in [-0.25, -0.2) is 0 Å². The Morgan fingerprint density at radius 2 is 2.09 bits per heavy atom. The van der Waals surface area contributed by atoms with Gasteiger partial charge in [0.15, 0.2) is 5.69 Å². The van der Waals surface area contributed by atoms with Crippen molar-refractivity contribution in [2.75, 3.05) is 0 Å². The second-order valence-corrected chi connectivity index (χ2v) is 4.97. The van der Waals surface area contributed by atoms with E-state index in [0.717, 1.165) is 11.3 Å². The summed E-state index contributed by atoms with van der Waals surface area (Å²) in [5.74, 6) is -0.269. The van der Waals surface area contributed by atoms with Crippen molar-refractivity contribution in [3.8, 4) is 5.75 Å². The van der Waals surface area contributed by atoms with Crippen LogP contribution in [-0.4, -0.2) is 22.7 Å². The van der Waals surface area contributed by atoms with Crippen LogP contribution in [0.2, 0.25) is 0 Å². The highest BCUT2D eigenvalue weighted by Gasteiger charge is 2.17. The van der Waals surface area contributed by atoms with Crippen LogP contribution in [0.4, 0.5) is 8.78 Å². The number of alkyl halides is 2. The lowest BCUT2D eigenvalue weighted by molar-refractivity contribution is -0.0499. The van der Waals surface area contributed by atoms with Crippen molar-refractivity contribution in [2.24, 2.45) is 0 Å². The number of rotatable bonds is 5. The van der Waals surface area contributed by atoms with Crippen LogP contribution in [0.5, 0.6) is 5.75 Å². The predicted octanol–water partition coefficient (Wildman–Crippen LogP) is 3.12. The summed E-state index contributed by atoms with van der Waals surface area (Å²) in [5, 5.41) is 9.49. The lowest BCUT2D eigenvalue weighted by Gasteiger charge is -2.15. The molecule has 0 spiro atoms. The molecule has 0 aliphatic carbocycles. The van der Waals surface area contributed by atoms with Crippen LogP contribution in [0.15, 0.2) is 24.3 Å². The molecule has 22 heavy (non-hydrogen) atoms. The highest BCUT2D eigenvalue weighted by molar-refractivity contribution is 5.94. The van der Waals surface area contributed by atoms with E-state index in [1.165, 1.54) is 12.1 Å². The zero-order valence-corrected chi connectivity index (χ0v) is 12.5. The van der Waals surface area contributed by atoms with Crippen molar-refractivity contribution in [2.45, 2.75) is 33.4 Å². The molecule has 5 nitrogen and oxygen atoms in total. The Morgan fingerprint density at radius 3 is 2.68 bits per heavy atom. The summed E-state index contributed by atoms with van der Waals surface area (Å²) < 4.78 is 28.8. The number of aromatic nitrogens is 2. The number of hydrogen-bond acceptors (Lipinski definition) is 3. The summed E-state index contributed by atoms with van der Waals surface area (Å²) in [4.78, 5) is 12.2. The number of carbonyl (C=O) groups is 1. The number of H-pyrrole nitrogens is 1. The summed E-state index contributed by atoms with van der Waals surface area (Å²) in [6.45, 7) is 2.51. The van der Waals surface area contributed by atoms with E-state index in [9.17, 15) is 13.6 Å². The Kier molecular flexibility index (Phi) is 4.75. The van der Waals surface area contributed by atoms with E-state index in [1.54, 1.807) is 26.0 Å². The number of amides is 1. The number of aromatic amines is 1. The second kappa shape index (κ2) is 6.55. The van der Waals surface area contributed by atoms with Crippen LogP contribution in [0.3, 0.4) is 0 Å². The molecule has 1 amide bonds. The number of nitrogens with one attached hydrogen (secondary N) is 2. The first-order chi connectivity index (χ1) is 10.4. The second-order valence-electron chi connectivity index (χ2n) is 4.97. The highest BCUT2D eigenvalue weighted by atomic mass is 19.3. The number of carbonyl (C=O) groups excluding carboxylic acids is 1. The van der Waals surface area contributed by atoms with Crippen molar-refractivity contribution in [1.29, 1.82) is 0 Å². The molecule has 0 saturated heterocycles. The minimum absolute atomic E-state index is 0.0559. The molecule has 2 N–H and O–H groups in total. The zero-order valence-electron chi connectivity index (χ0n) is 12.5. The maximum Gasteiger partial charge on any atom is 0.387 e. The summed E-state index contributed by atoms with van der Waals surface area (Å²) in [5.41, 5.74) is 2.59. The van der Waals surface area contributed by atoms with Crippen LogP contribution in [0.25, 0.3) is 0 Å². The van der Waals surface area contributed by atoms with Gasteiger partial charge in [-0.3, -0.25) is 9.89 Å². The summed E-state index contributed by atoms with van der Waals surface area (Å²) in [6, 6.07) is 5.86. The standard InChI is InChI=1S/C15H17F2N3O2/c1-8-9(2)19-20-13(8)14(21)18-10(3)11-5-4-6-12(7-11)22-15(16)17/h4-7,10,15H,1-3H3,(H,18,21)(H,19,20). The van der Waals surface area contributed by atoms with Crippen LogP contribution in [0.1, 0.15) is 40.3 Å².